The molecule has 0 fully saturated rings. The molecule has 0 saturated heterocycles. The first kappa shape index (κ1) is 15.7. The zero-order chi connectivity index (χ0) is 17.7. The van der Waals surface area contributed by atoms with Crippen LogP contribution in [0.1, 0.15) is 11.1 Å². The number of fused-ring (bicyclic) bond motifs is 3. The minimum Gasteiger partial charge on any atom is -0.493 e. The Morgan fingerprint density at radius 2 is 2.04 bits per heavy atom. The van der Waals surface area contributed by atoms with Crippen molar-refractivity contribution in [2.75, 3.05) is 13.6 Å². The molecule has 0 aliphatic carbocycles. The molecule has 0 atom stereocenters. The SMILES string of the molecule is CN1CCc2c(-c3cccc(F)c3F)cc3c(N=O)c(O)[nH]c3c2C1. The van der Waals surface area contributed by atoms with Crippen molar-refractivity contribution >= 4 is 16.6 Å². The molecule has 1 aliphatic heterocycles. The van der Waals surface area contributed by atoms with E-state index in [1.807, 2.05) is 7.05 Å². The van der Waals surface area contributed by atoms with Crippen molar-refractivity contribution in [2.24, 2.45) is 5.18 Å². The maximum absolute atomic E-state index is 14.4. The van der Waals surface area contributed by atoms with E-state index in [1.54, 1.807) is 6.07 Å². The van der Waals surface area contributed by atoms with Gasteiger partial charge in [0.25, 0.3) is 0 Å². The van der Waals surface area contributed by atoms with Crippen LogP contribution in [0.4, 0.5) is 14.5 Å². The number of aromatic amines is 1. The molecule has 1 aliphatic rings. The molecule has 0 radical (unpaired) electrons. The van der Waals surface area contributed by atoms with Gasteiger partial charge < -0.3 is 15.0 Å². The average Bonchev–Trinajstić information content (AvgIpc) is 2.92. The zero-order valence-corrected chi connectivity index (χ0v) is 13.4. The topological polar surface area (TPSA) is 68.7 Å². The van der Waals surface area contributed by atoms with E-state index in [0.717, 1.165) is 23.7 Å². The van der Waals surface area contributed by atoms with E-state index in [4.69, 9.17) is 0 Å². The van der Waals surface area contributed by atoms with Crippen molar-refractivity contribution in [2.45, 2.75) is 13.0 Å². The molecule has 128 valence electrons. The van der Waals surface area contributed by atoms with Crippen molar-refractivity contribution in [3.63, 3.8) is 0 Å². The highest BCUT2D eigenvalue weighted by molar-refractivity contribution is 6.00. The number of halogens is 2. The molecule has 0 spiro atoms. The van der Waals surface area contributed by atoms with E-state index in [0.29, 0.717) is 29.4 Å². The second kappa shape index (κ2) is 5.63. The molecular formula is C18H15F2N3O2. The highest BCUT2D eigenvalue weighted by Crippen LogP contribution is 2.43. The summed E-state index contributed by atoms with van der Waals surface area (Å²) in [7, 11) is 1.95. The maximum atomic E-state index is 14.4. The highest BCUT2D eigenvalue weighted by Gasteiger charge is 2.26. The van der Waals surface area contributed by atoms with Gasteiger partial charge in [0.05, 0.1) is 5.52 Å². The summed E-state index contributed by atoms with van der Waals surface area (Å²) in [6, 6.07) is 5.63. The van der Waals surface area contributed by atoms with Crippen molar-refractivity contribution in [3.05, 3.63) is 51.9 Å². The van der Waals surface area contributed by atoms with Crippen LogP contribution >= 0.6 is 0 Å². The third kappa shape index (κ3) is 2.31. The maximum Gasteiger partial charge on any atom is 0.219 e. The first-order valence-corrected chi connectivity index (χ1v) is 7.87. The molecule has 2 N–H and O–H groups in total. The van der Waals surface area contributed by atoms with E-state index in [2.05, 4.69) is 15.1 Å². The number of aromatic hydroxyl groups is 1. The lowest BCUT2D eigenvalue weighted by Gasteiger charge is -2.27. The van der Waals surface area contributed by atoms with Gasteiger partial charge in [-0.05, 0) is 47.5 Å². The Hall–Kier alpha value is -2.80. The van der Waals surface area contributed by atoms with Gasteiger partial charge in [0.1, 0.15) is 0 Å². The summed E-state index contributed by atoms with van der Waals surface area (Å²) in [6.07, 6.45) is 0.649. The van der Waals surface area contributed by atoms with E-state index in [9.17, 15) is 18.8 Å². The van der Waals surface area contributed by atoms with Crippen LogP contribution in [0.25, 0.3) is 22.0 Å². The standard InChI is InChI=1S/C18H15F2N3O2/c1-23-6-5-9-11(10-3-2-4-14(19)15(10)20)7-12-16(13(9)8-23)21-18(24)17(12)22-25/h2-4,7,21,24H,5-6,8H2,1H3. The van der Waals surface area contributed by atoms with Crippen molar-refractivity contribution < 1.29 is 13.9 Å². The van der Waals surface area contributed by atoms with Gasteiger partial charge in [-0.25, -0.2) is 8.78 Å². The summed E-state index contributed by atoms with van der Waals surface area (Å²) in [6.45, 7) is 1.34. The predicted molar refractivity (Wildman–Crippen MR) is 90.8 cm³/mol. The molecule has 1 aromatic heterocycles. The molecule has 7 heteroatoms. The van der Waals surface area contributed by atoms with Crippen LogP contribution in [-0.2, 0) is 13.0 Å². The highest BCUT2D eigenvalue weighted by atomic mass is 19.2. The Balaban J connectivity index is 2.11. The number of hydrogen-bond acceptors (Lipinski definition) is 4. The summed E-state index contributed by atoms with van der Waals surface area (Å²) in [5.41, 5.74) is 2.89. The lowest BCUT2D eigenvalue weighted by atomic mass is 9.88. The van der Waals surface area contributed by atoms with Gasteiger partial charge in [-0.15, -0.1) is 4.91 Å². The van der Waals surface area contributed by atoms with Gasteiger partial charge >= 0.3 is 0 Å². The Kier molecular flexibility index (Phi) is 3.54. The minimum atomic E-state index is -0.927. The summed E-state index contributed by atoms with van der Waals surface area (Å²) < 4.78 is 28.1. The van der Waals surface area contributed by atoms with E-state index >= 15 is 0 Å². The molecule has 0 bridgehead atoms. The van der Waals surface area contributed by atoms with Crippen LogP contribution in [-0.4, -0.2) is 28.6 Å². The number of nitrogens with zero attached hydrogens (tertiary/aromatic N) is 2. The van der Waals surface area contributed by atoms with Gasteiger partial charge in [-0.2, -0.15) is 0 Å². The number of hydrogen-bond donors (Lipinski definition) is 2. The van der Waals surface area contributed by atoms with Crippen LogP contribution in [0.3, 0.4) is 0 Å². The normalized spacial score (nSPS) is 14.7. The third-order valence-electron chi connectivity index (χ3n) is 4.78. The van der Waals surface area contributed by atoms with Crippen molar-refractivity contribution in [1.29, 1.82) is 0 Å². The van der Waals surface area contributed by atoms with Crippen LogP contribution in [0.5, 0.6) is 5.88 Å². The smallest absolute Gasteiger partial charge is 0.219 e. The number of nitrogens with one attached hydrogen (secondary N) is 1. The van der Waals surface area contributed by atoms with Gasteiger partial charge in [0, 0.05) is 24.0 Å². The first-order valence-electron chi connectivity index (χ1n) is 7.87. The largest absolute Gasteiger partial charge is 0.493 e. The fraction of sp³-hybridized carbons (Fsp3) is 0.222. The monoisotopic (exact) mass is 343 g/mol. The van der Waals surface area contributed by atoms with Crippen LogP contribution < -0.4 is 0 Å². The van der Waals surface area contributed by atoms with E-state index in [1.165, 1.54) is 12.1 Å². The van der Waals surface area contributed by atoms with Gasteiger partial charge in [-0.1, -0.05) is 12.1 Å². The van der Waals surface area contributed by atoms with Gasteiger partial charge in [0.15, 0.2) is 17.3 Å². The molecule has 4 rings (SSSR count). The number of H-pyrrole nitrogens is 1. The summed E-state index contributed by atoms with van der Waals surface area (Å²) in [4.78, 5) is 16.0. The summed E-state index contributed by atoms with van der Waals surface area (Å²) in [5.74, 6) is -2.18. The Morgan fingerprint density at radius 1 is 1.24 bits per heavy atom. The molecule has 0 amide bonds. The molecule has 3 aromatic rings. The van der Waals surface area contributed by atoms with Crippen molar-refractivity contribution in [1.82, 2.24) is 9.88 Å². The van der Waals surface area contributed by atoms with Gasteiger partial charge in [-0.3, -0.25) is 0 Å². The third-order valence-corrected chi connectivity index (χ3v) is 4.78. The molecule has 0 saturated carbocycles. The number of aromatic nitrogens is 1. The lowest BCUT2D eigenvalue weighted by Crippen LogP contribution is -2.27. The molecule has 5 nitrogen and oxygen atoms in total. The van der Waals surface area contributed by atoms with Crippen molar-refractivity contribution in [3.8, 4) is 17.0 Å². The lowest BCUT2D eigenvalue weighted by molar-refractivity contribution is 0.314. The van der Waals surface area contributed by atoms with Crippen LogP contribution in [0, 0.1) is 16.5 Å². The molecular weight excluding hydrogens is 328 g/mol. The minimum absolute atomic E-state index is 0.121. The fourth-order valence-corrected chi connectivity index (χ4v) is 3.57. The molecule has 2 aromatic carbocycles. The Labute approximate surface area is 141 Å². The molecule has 0 unspecified atom stereocenters. The van der Waals surface area contributed by atoms with E-state index in [-0.39, 0.29) is 17.1 Å². The Bertz CT molecular complexity index is 1010. The quantitative estimate of drug-likeness (QED) is 0.685. The predicted octanol–water partition coefficient (Wildman–Crippen LogP) is 4.20. The van der Waals surface area contributed by atoms with E-state index < -0.39 is 11.6 Å². The van der Waals surface area contributed by atoms with Gasteiger partial charge in [0.2, 0.25) is 5.88 Å². The molecule has 2 heterocycles. The molecule has 25 heavy (non-hydrogen) atoms. The second-order valence-electron chi connectivity index (χ2n) is 6.31. The Morgan fingerprint density at radius 3 is 2.80 bits per heavy atom. The summed E-state index contributed by atoms with van der Waals surface area (Å²) >= 11 is 0. The fourth-order valence-electron chi connectivity index (χ4n) is 3.57. The number of rotatable bonds is 2. The number of likely N-dealkylation sites (N-methyl/N-ethyl adjacent to an activating group) is 1. The van der Waals surface area contributed by atoms with Crippen LogP contribution in [0.15, 0.2) is 29.4 Å². The average molecular weight is 343 g/mol. The second-order valence-corrected chi connectivity index (χ2v) is 6.31. The zero-order valence-electron chi connectivity index (χ0n) is 13.4. The summed E-state index contributed by atoms with van der Waals surface area (Å²) in [5, 5.41) is 13.3. The first-order chi connectivity index (χ1) is 12.0. The van der Waals surface area contributed by atoms with Crippen LogP contribution in [0.2, 0.25) is 0 Å². The number of benzene rings is 2. The number of nitroso groups, excluding NO2 is 1.